The number of alkyl carbamates (subject to hydrolysis) is 1. The van der Waals surface area contributed by atoms with Crippen LogP contribution in [0.3, 0.4) is 0 Å². The van der Waals surface area contributed by atoms with Crippen molar-refractivity contribution in [3.05, 3.63) is 59.7 Å². The molecule has 128 valence electrons. The standard InChI is InChI=1S/C19H19N3O3/c20-18(23)22-9-12(10-22)21-19(24)25-11-17-15-7-3-1-5-13(15)14-6-2-4-8-16(14)17/h1-8,12,17H,9-11H2,(H2,20,23)(H,21,24). The highest BCUT2D eigenvalue weighted by atomic mass is 16.5. The van der Waals surface area contributed by atoms with Gasteiger partial charge in [0.15, 0.2) is 0 Å². The van der Waals surface area contributed by atoms with Gasteiger partial charge in [-0.1, -0.05) is 48.5 Å². The largest absolute Gasteiger partial charge is 0.449 e. The highest BCUT2D eigenvalue weighted by Gasteiger charge is 2.32. The molecule has 6 nitrogen and oxygen atoms in total. The molecule has 0 bridgehead atoms. The van der Waals surface area contributed by atoms with Gasteiger partial charge in [0.05, 0.1) is 6.04 Å². The number of primary amides is 1. The molecule has 3 N–H and O–H groups in total. The number of fused-ring (bicyclic) bond motifs is 3. The molecule has 2 aromatic carbocycles. The number of hydrogen-bond donors (Lipinski definition) is 2. The van der Waals surface area contributed by atoms with Crippen LogP contribution in [0.4, 0.5) is 9.59 Å². The number of benzene rings is 2. The van der Waals surface area contributed by atoms with E-state index in [9.17, 15) is 9.59 Å². The first kappa shape index (κ1) is 15.5. The van der Waals surface area contributed by atoms with E-state index >= 15 is 0 Å². The minimum Gasteiger partial charge on any atom is -0.449 e. The monoisotopic (exact) mass is 337 g/mol. The van der Waals surface area contributed by atoms with E-state index in [0.29, 0.717) is 13.1 Å². The molecule has 0 spiro atoms. The lowest BCUT2D eigenvalue weighted by Crippen LogP contribution is -2.62. The Balaban J connectivity index is 1.40. The smallest absolute Gasteiger partial charge is 0.407 e. The summed E-state index contributed by atoms with van der Waals surface area (Å²) in [6, 6.07) is 15.8. The van der Waals surface area contributed by atoms with Gasteiger partial charge in [-0.15, -0.1) is 0 Å². The molecule has 0 atom stereocenters. The van der Waals surface area contributed by atoms with Crippen LogP contribution in [0.2, 0.25) is 0 Å². The fraction of sp³-hybridized carbons (Fsp3) is 0.263. The van der Waals surface area contributed by atoms with Gasteiger partial charge in [-0.2, -0.15) is 0 Å². The molecule has 25 heavy (non-hydrogen) atoms. The van der Waals surface area contributed by atoms with Crippen molar-refractivity contribution in [1.82, 2.24) is 10.2 Å². The lowest BCUT2D eigenvalue weighted by atomic mass is 9.98. The van der Waals surface area contributed by atoms with Crippen molar-refractivity contribution in [2.24, 2.45) is 5.73 Å². The van der Waals surface area contributed by atoms with E-state index in [1.807, 2.05) is 24.3 Å². The second kappa shape index (κ2) is 6.12. The molecule has 1 saturated heterocycles. The summed E-state index contributed by atoms with van der Waals surface area (Å²) in [5.74, 6) is 0.0432. The van der Waals surface area contributed by atoms with Crippen molar-refractivity contribution >= 4 is 12.1 Å². The fourth-order valence-electron chi connectivity index (χ4n) is 3.56. The Morgan fingerprint density at radius 1 is 1.04 bits per heavy atom. The predicted molar refractivity (Wildman–Crippen MR) is 93.1 cm³/mol. The molecule has 0 radical (unpaired) electrons. The Hall–Kier alpha value is -3.02. The van der Waals surface area contributed by atoms with E-state index in [4.69, 9.17) is 10.5 Å². The first-order chi connectivity index (χ1) is 12.1. The van der Waals surface area contributed by atoms with Crippen LogP contribution in [0.15, 0.2) is 48.5 Å². The number of rotatable bonds is 3. The third-order valence-corrected chi connectivity index (χ3v) is 4.86. The van der Waals surface area contributed by atoms with E-state index in [2.05, 4.69) is 29.6 Å². The molecule has 4 rings (SSSR count). The van der Waals surface area contributed by atoms with Crippen LogP contribution in [0.25, 0.3) is 11.1 Å². The van der Waals surface area contributed by atoms with Crippen molar-refractivity contribution in [2.75, 3.05) is 19.7 Å². The zero-order chi connectivity index (χ0) is 17.4. The number of nitrogens with zero attached hydrogens (tertiary/aromatic N) is 1. The van der Waals surface area contributed by atoms with Gasteiger partial charge in [0, 0.05) is 19.0 Å². The van der Waals surface area contributed by atoms with Gasteiger partial charge in [0.25, 0.3) is 0 Å². The van der Waals surface area contributed by atoms with Crippen LogP contribution >= 0.6 is 0 Å². The van der Waals surface area contributed by atoms with Crippen LogP contribution in [-0.2, 0) is 4.74 Å². The summed E-state index contributed by atoms with van der Waals surface area (Å²) >= 11 is 0. The Morgan fingerprint density at radius 2 is 1.60 bits per heavy atom. The number of urea groups is 1. The van der Waals surface area contributed by atoms with Crippen LogP contribution in [0.5, 0.6) is 0 Å². The third kappa shape index (κ3) is 2.80. The molecule has 0 saturated carbocycles. The number of nitrogens with one attached hydrogen (secondary N) is 1. The molecule has 1 fully saturated rings. The van der Waals surface area contributed by atoms with Crippen molar-refractivity contribution in [3.8, 4) is 11.1 Å². The Labute approximate surface area is 145 Å². The number of hydrogen-bond acceptors (Lipinski definition) is 3. The van der Waals surface area contributed by atoms with E-state index in [1.54, 1.807) is 0 Å². The summed E-state index contributed by atoms with van der Waals surface area (Å²) in [6.45, 7) is 1.14. The van der Waals surface area contributed by atoms with Gasteiger partial charge in [-0.3, -0.25) is 0 Å². The Kier molecular flexibility index (Phi) is 3.80. The molecule has 6 heteroatoms. The predicted octanol–water partition coefficient (Wildman–Crippen LogP) is 2.29. The molecular weight excluding hydrogens is 318 g/mol. The minimum atomic E-state index is -0.467. The van der Waals surface area contributed by atoms with Crippen LogP contribution in [0, 0.1) is 0 Å². The van der Waals surface area contributed by atoms with Crippen molar-refractivity contribution in [1.29, 1.82) is 0 Å². The zero-order valence-electron chi connectivity index (χ0n) is 13.6. The highest BCUT2D eigenvalue weighted by molar-refractivity contribution is 5.79. The number of nitrogens with two attached hydrogens (primary N) is 1. The molecule has 2 aliphatic rings. The molecule has 0 aromatic heterocycles. The summed E-state index contributed by atoms with van der Waals surface area (Å²) in [7, 11) is 0. The maximum Gasteiger partial charge on any atom is 0.407 e. The van der Waals surface area contributed by atoms with Crippen molar-refractivity contribution in [3.63, 3.8) is 0 Å². The van der Waals surface area contributed by atoms with E-state index < -0.39 is 12.1 Å². The van der Waals surface area contributed by atoms with Crippen molar-refractivity contribution < 1.29 is 14.3 Å². The van der Waals surface area contributed by atoms with Crippen LogP contribution in [0.1, 0.15) is 17.0 Å². The zero-order valence-corrected chi connectivity index (χ0v) is 13.6. The third-order valence-electron chi connectivity index (χ3n) is 4.86. The summed E-state index contributed by atoms with van der Waals surface area (Å²) in [6.07, 6.45) is -0.462. The number of carbonyl (C=O) groups excluding carboxylic acids is 2. The van der Waals surface area contributed by atoms with Crippen molar-refractivity contribution in [2.45, 2.75) is 12.0 Å². The van der Waals surface area contributed by atoms with Gasteiger partial charge in [-0.25, -0.2) is 9.59 Å². The lowest BCUT2D eigenvalue weighted by Gasteiger charge is -2.37. The Bertz CT molecular complexity index is 785. The van der Waals surface area contributed by atoms with Crippen LogP contribution in [-0.4, -0.2) is 42.8 Å². The minimum absolute atomic E-state index is 0.0432. The van der Waals surface area contributed by atoms with Gasteiger partial charge in [-0.05, 0) is 22.3 Å². The second-order valence-corrected chi connectivity index (χ2v) is 6.41. The summed E-state index contributed by atoms with van der Waals surface area (Å²) in [5.41, 5.74) is 9.92. The van der Waals surface area contributed by atoms with E-state index in [0.717, 1.165) is 0 Å². The molecule has 0 unspecified atom stereocenters. The Morgan fingerprint density at radius 3 is 2.16 bits per heavy atom. The first-order valence-corrected chi connectivity index (χ1v) is 8.29. The first-order valence-electron chi connectivity index (χ1n) is 8.29. The maximum absolute atomic E-state index is 12.0. The molecular formula is C19H19N3O3. The van der Waals surface area contributed by atoms with Crippen LogP contribution < -0.4 is 11.1 Å². The average Bonchev–Trinajstić information content (AvgIpc) is 2.90. The number of likely N-dealkylation sites (tertiary alicyclic amines) is 1. The number of ether oxygens (including phenoxy) is 1. The molecule has 3 amide bonds. The average molecular weight is 337 g/mol. The SMILES string of the molecule is NC(=O)N1CC(NC(=O)OCC2c3ccccc3-c3ccccc32)C1. The normalized spacial score (nSPS) is 15.9. The highest BCUT2D eigenvalue weighted by Crippen LogP contribution is 2.44. The van der Waals surface area contributed by atoms with Gasteiger partial charge in [0.1, 0.15) is 6.61 Å². The molecule has 1 aliphatic carbocycles. The fourth-order valence-corrected chi connectivity index (χ4v) is 3.56. The van der Waals surface area contributed by atoms with Gasteiger partial charge < -0.3 is 20.7 Å². The van der Waals surface area contributed by atoms with E-state index in [1.165, 1.54) is 27.2 Å². The second-order valence-electron chi connectivity index (χ2n) is 6.41. The van der Waals surface area contributed by atoms with E-state index in [-0.39, 0.29) is 18.6 Å². The topological polar surface area (TPSA) is 84.7 Å². The lowest BCUT2D eigenvalue weighted by molar-refractivity contribution is 0.113. The molecule has 1 aliphatic heterocycles. The molecule has 1 heterocycles. The number of amides is 3. The van der Waals surface area contributed by atoms with Gasteiger partial charge >= 0.3 is 12.1 Å². The molecule has 2 aromatic rings. The maximum atomic E-state index is 12.0. The summed E-state index contributed by atoms with van der Waals surface area (Å²) in [5, 5.41) is 2.76. The summed E-state index contributed by atoms with van der Waals surface area (Å²) < 4.78 is 5.46. The number of carbonyl (C=O) groups is 2. The summed E-state index contributed by atoms with van der Waals surface area (Å²) in [4.78, 5) is 24.5. The van der Waals surface area contributed by atoms with Gasteiger partial charge in [0.2, 0.25) is 0 Å². The quantitative estimate of drug-likeness (QED) is 0.901.